The van der Waals surface area contributed by atoms with Gasteiger partial charge in [-0.1, -0.05) is 48.0 Å². The summed E-state index contributed by atoms with van der Waals surface area (Å²) in [7, 11) is 2.32. The minimum Gasteiger partial charge on any atom is -0.312 e. The van der Waals surface area contributed by atoms with Crippen LogP contribution < -0.4 is 5.32 Å². The fraction of sp³-hybridized carbons (Fsp3) is 1.00. The van der Waals surface area contributed by atoms with Gasteiger partial charge in [0.15, 0.2) is 0 Å². The Morgan fingerprint density at radius 2 is 1.89 bits per heavy atom. The Morgan fingerprint density at radius 1 is 1.26 bits per heavy atom. The molecule has 0 aliphatic heterocycles. The van der Waals surface area contributed by atoms with E-state index in [-0.39, 0.29) is 0 Å². The number of likely N-dealkylation sites (N-methyl/N-ethyl adjacent to an activating group) is 1. The van der Waals surface area contributed by atoms with Crippen LogP contribution in [0, 0.1) is 10.8 Å². The van der Waals surface area contributed by atoms with Gasteiger partial charge in [-0.15, -0.1) is 0 Å². The minimum absolute atomic E-state index is 0.381. The van der Waals surface area contributed by atoms with Crippen LogP contribution in [0.2, 0.25) is 0 Å². The van der Waals surface area contributed by atoms with Gasteiger partial charge in [0.05, 0.1) is 0 Å². The van der Waals surface area contributed by atoms with Crippen molar-refractivity contribution in [1.82, 2.24) is 10.2 Å². The van der Waals surface area contributed by atoms with Crippen molar-refractivity contribution in [2.75, 3.05) is 20.1 Å². The highest BCUT2D eigenvalue weighted by molar-refractivity contribution is 4.98. The van der Waals surface area contributed by atoms with Crippen LogP contribution in [0.4, 0.5) is 0 Å². The van der Waals surface area contributed by atoms with Crippen LogP contribution in [0.5, 0.6) is 0 Å². The molecule has 0 saturated heterocycles. The lowest BCUT2D eigenvalue weighted by Crippen LogP contribution is -2.59. The van der Waals surface area contributed by atoms with Gasteiger partial charge in [-0.25, -0.2) is 0 Å². The first-order valence-corrected chi connectivity index (χ1v) is 8.11. The first-order valence-electron chi connectivity index (χ1n) is 8.11. The smallest absolute Gasteiger partial charge is 0.0274 e. The highest BCUT2D eigenvalue weighted by Gasteiger charge is 2.40. The van der Waals surface area contributed by atoms with Gasteiger partial charge in [-0.2, -0.15) is 0 Å². The van der Waals surface area contributed by atoms with Gasteiger partial charge in [0, 0.05) is 18.6 Å². The SMILES string of the molecule is CCCNC1C(N(C)CC(C)(C)C)CCCC1(C)C. The van der Waals surface area contributed by atoms with Gasteiger partial charge in [-0.05, 0) is 43.7 Å². The molecule has 0 radical (unpaired) electrons. The van der Waals surface area contributed by atoms with E-state index in [1.54, 1.807) is 0 Å². The summed E-state index contributed by atoms with van der Waals surface area (Å²) in [6.07, 6.45) is 5.30. The van der Waals surface area contributed by atoms with Gasteiger partial charge >= 0.3 is 0 Å². The summed E-state index contributed by atoms with van der Waals surface area (Å²) in [5, 5.41) is 3.84. The summed E-state index contributed by atoms with van der Waals surface area (Å²) >= 11 is 0. The van der Waals surface area contributed by atoms with Crippen molar-refractivity contribution in [3.05, 3.63) is 0 Å². The molecule has 1 rings (SSSR count). The van der Waals surface area contributed by atoms with Crippen LogP contribution in [0.3, 0.4) is 0 Å². The molecule has 0 amide bonds. The third-order valence-corrected chi connectivity index (χ3v) is 4.45. The maximum atomic E-state index is 3.84. The molecule has 0 spiro atoms. The van der Waals surface area contributed by atoms with E-state index in [4.69, 9.17) is 0 Å². The van der Waals surface area contributed by atoms with Crippen LogP contribution in [-0.2, 0) is 0 Å². The second-order valence-electron chi connectivity index (χ2n) is 8.36. The van der Waals surface area contributed by atoms with Crippen molar-refractivity contribution in [2.24, 2.45) is 10.8 Å². The van der Waals surface area contributed by atoms with Crippen LogP contribution in [0.25, 0.3) is 0 Å². The molecule has 114 valence electrons. The lowest BCUT2D eigenvalue weighted by atomic mass is 9.70. The molecular weight excluding hydrogens is 232 g/mol. The molecule has 1 saturated carbocycles. The van der Waals surface area contributed by atoms with Gasteiger partial charge < -0.3 is 10.2 Å². The molecule has 0 aromatic carbocycles. The summed E-state index contributed by atoms with van der Waals surface area (Å²) in [6.45, 7) is 16.5. The van der Waals surface area contributed by atoms with Gasteiger partial charge in [-0.3, -0.25) is 0 Å². The van der Waals surface area contributed by atoms with Crippen molar-refractivity contribution in [3.8, 4) is 0 Å². The Balaban J connectivity index is 2.76. The van der Waals surface area contributed by atoms with Crippen molar-refractivity contribution in [1.29, 1.82) is 0 Å². The zero-order valence-corrected chi connectivity index (χ0v) is 14.3. The van der Waals surface area contributed by atoms with Crippen molar-refractivity contribution < 1.29 is 0 Å². The molecule has 0 bridgehead atoms. The molecule has 2 heteroatoms. The predicted molar refractivity (Wildman–Crippen MR) is 85.6 cm³/mol. The second kappa shape index (κ2) is 6.58. The minimum atomic E-state index is 0.381. The fourth-order valence-corrected chi connectivity index (χ4v) is 3.66. The average Bonchev–Trinajstić information content (AvgIpc) is 2.23. The number of hydrogen-bond acceptors (Lipinski definition) is 2. The van der Waals surface area contributed by atoms with Crippen molar-refractivity contribution >= 4 is 0 Å². The van der Waals surface area contributed by atoms with E-state index >= 15 is 0 Å². The monoisotopic (exact) mass is 268 g/mol. The topological polar surface area (TPSA) is 15.3 Å². The van der Waals surface area contributed by atoms with Crippen LogP contribution >= 0.6 is 0 Å². The van der Waals surface area contributed by atoms with Crippen LogP contribution in [-0.4, -0.2) is 37.1 Å². The first kappa shape index (κ1) is 17.0. The van der Waals surface area contributed by atoms with E-state index in [2.05, 4.69) is 58.8 Å². The van der Waals surface area contributed by atoms with E-state index in [1.807, 2.05) is 0 Å². The maximum absolute atomic E-state index is 3.84. The Hall–Kier alpha value is -0.0800. The lowest BCUT2D eigenvalue weighted by molar-refractivity contribution is 0.0463. The van der Waals surface area contributed by atoms with Crippen molar-refractivity contribution in [2.45, 2.75) is 79.3 Å². The molecule has 1 aliphatic carbocycles. The molecule has 0 aromatic heterocycles. The second-order valence-corrected chi connectivity index (χ2v) is 8.36. The first-order chi connectivity index (χ1) is 8.67. The Bertz CT molecular complexity index is 265. The standard InChI is InChI=1S/C17H36N2/c1-8-12-18-15-14(10-9-11-17(15,5)6)19(7)13-16(2,3)4/h14-15,18H,8-13H2,1-7H3. The molecule has 1 aliphatic rings. The third-order valence-electron chi connectivity index (χ3n) is 4.45. The van der Waals surface area contributed by atoms with Gasteiger partial charge in [0.1, 0.15) is 0 Å². The Kier molecular flexibility index (Phi) is 5.88. The van der Waals surface area contributed by atoms with Crippen LogP contribution in [0.15, 0.2) is 0 Å². The van der Waals surface area contributed by atoms with Crippen molar-refractivity contribution in [3.63, 3.8) is 0 Å². The van der Waals surface area contributed by atoms with Crippen LogP contribution in [0.1, 0.15) is 67.2 Å². The van der Waals surface area contributed by atoms with E-state index in [1.165, 1.54) is 32.2 Å². The van der Waals surface area contributed by atoms with E-state index in [9.17, 15) is 0 Å². The van der Waals surface area contributed by atoms with E-state index < -0.39 is 0 Å². The zero-order valence-electron chi connectivity index (χ0n) is 14.3. The quantitative estimate of drug-likeness (QED) is 0.813. The molecule has 2 atom stereocenters. The lowest BCUT2D eigenvalue weighted by Gasteiger charge is -2.49. The summed E-state index contributed by atoms with van der Waals surface area (Å²) in [6, 6.07) is 1.32. The molecule has 1 fully saturated rings. The zero-order chi connectivity index (χ0) is 14.7. The number of rotatable bonds is 5. The normalized spacial score (nSPS) is 27.8. The predicted octanol–water partition coefficient (Wildman–Crippen LogP) is 3.91. The molecule has 0 heterocycles. The third kappa shape index (κ3) is 5.07. The Morgan fingerprint density at radius 3 is 2.42 bits per heavy atom. The Labute approximate surface area is 121 Å². The van der Waals surface area contributed by atoms with E-state index in [0.29, 0.717) is 22.9 Å². The summed E-state index contributed by atoms with van der Waals surface area (Å²) in [5.41, 5.74) is 0.801. The number of nitrogens with zero attached hydrogens (tertiary/aromatic N) is 1. The average molecular weight is 268 g/mol. The highest BCUT2D eigenvalue weighted by Crippen LogP contribution is 2.38. The van der Waals surface area contributed by atoms with E-state index in [0.717, 1.165) is 6.54 Å². The molecule has 0 aromatic rings. The molecule has 19 heavy (non-hydrogen) atoms. The highest BCUT2D eigenvalue weighted by atomic mass is 15.2. The summed E-state index contributed by atoms with van der Waals surface area (Å²) < 4.78 is 0. The fourth-order valence-electron chi connectivity index (χ4n) is 3.66. The summed E-state index contributed by atoms with van der Waals surface area (Å²) in [5.74, 6) is 0. The number of nitrogens with one attached hydrogen (secondary N) is 1. The number of hydrogen-bond donors (Lipinski definition) is 1. The summed E-state index contributed by atoms with van der Waals surface area (Å²) in [4.78, 5) is 2.61. The molecular formula is C17H36N2. The largest absolute Gasteiger partial charge is 0.312 e. The molecule has 2 nitrogen and oxygen atoms in total. The van der Waals surface area contributed by atoms with Gasteiger partial charge in [0.25, 0.3) is 0 Å². The maximum Gasteiger partial charge on any atom is 0.0274 e. The van der Waals surface area contributed by atoms with Gasteiger partial charge in [0.2, 0.25) is 0 Å². The molecule has 2 unspecified atom stereocenters. The molecule has 1 N–H and O–H groups in total.